The summed E-state index contributed by atoms with van der Waals surface area (Å²) in [6.07, 6.45) is -3.65. The first-order chi connectivity index (χ1) is 10.2. The summed E-state index contributed by atoms with van der Waals surface area (Å²) in [6.45, 7) is 1.81. The maximum absolute atomic E-state index is 13.8. The van der Waals surface area contributed by atoms with Crippen molar-refractivity contribution in [3.8, 4) is 0 Å². The van der Waals surface area contributed by atoms with Gasteiger partial charge >= 0.3 is 12.1 Å². The normalized spacial score (nSPS) is 12.8. The average molecular weight is 321 g/mol. The van der Waals surface area contributed by atoms with Crippen molar-refractivity contribution in [2.75, 3.05) is 0 Å². The van der Waals surface area contributed by atoms with Crippen LogP contribution in [0.2, 0.25) is 0 Å². The molecule has 1 amide bonds. The molecule has 0 aromatic heterocycles. The van der Waals surface area contributed by atoms with Gasteiger partial charge in [0.1, 0.15) is 11.9 Å². The fourth-order valence-corrected chi connectivity index (χ4v) is 1.83. The second-order valence-corrected chi connectivity index (χ2v) is 4.67. The van der Waals surface area contributed by atoms with Crippen molar-refractivity contribution in [3.05, 3.63) is 35.1 Å². The Morgan fingerprint density at radius 1 is 1.32 bits per heavy atom. The third-order valence-corrected chi connectivity index (χ3v) is 3.00. The molecule has 0 saturated carbocycles. The predicted molar refractivity (Wildman–Crippen MR) is 69.8 cm³/mol. The summed E-state index contributed by atoms with van der Waals surface area (Å²) < 4.78 is 51.5. The molecular formula is C14H15F4NO3. The molecule has 0 aliphatic carbocycles. The number of carboxylic acids is 1. The number of halogens is 4. The highest BCUT2D eigenvalue weighted by Gasteiger charge is 2.36. The fourth-order valence-electron chi connectivity index (χ4n) is 1.83. The quantitative estimate of drug-likeness (QED) is 0.791. The smallest absolute Gasteiger partial charge is 0.419 e. The molecular weight excluding hydrogens is 306 g/mol. The molecule has 0 aliphatic rings. The van der Waals surface area contributed by atoms with Gasteiger partial charge in [-0.3, -0.25) is 4.79 Å². The molecule has 1 aromatic carbocycles. The van der Waals surface area contributed by atoms with Crippen LogP contribution in [-0.4, -0.2) is 23.0 Å². The molecule has 122 valence electrons. The summed E-state index contributed by atoms with van der Waals surface area (Å²) in [7, 11) is 0. The minimum Gasteiger partial charge on any atom is -0.480 e. The van der Waals surface area contributed by atoms with E-state index >= 15 is 0 Å². The molecule has 0 fully saturated rings. The predicted octanol–water partition coefficient (Wildman–Crippen LogP) is 3.22. The van der Waals surface area contributed by atoms with Crippen molar-refractivity contribution in [2.45, 2.75) is 38.4 Å². The van der Waals surface area contributed by atoms with Crippen molar-refractivity contribution in [1.82, 2.24) is 5.32 Å². The van der Waals surface area contributed by atoms with E-state index in [0.717, 1.165) is 12.1 Å². The van der Waals surface area contributed by atoms with Gasteiger partial charge in [0.2, 0.25) is 0 Å². The van der Waals surface area contributed by atoms with Crippen LogP contribution >= 0.6 is 0 Å². The summed E-state index contributed by atoms with van der Waals surface area (Å²) in [5, 5.41) is 11.0. The second-order valence-electron chi connectivity index (χ2n) is 4.67. The van der Waals surface area contributed by atoms with Crippen molar-refractivity contribution in [1.29, 1.82) is 0 Å². The van der Waals surface area contributed by atoms with Crippen molar-refractivity contribution in [2.24, 2.45) is 0 Å². The van der Waals surface area contributed by atoms with E-state index < -0.39 is 41.0 Å². The number of alkyl halides is 3. The van der Waals surface area contributed by atoms with E-state index in [0.29, 0.717) is 18.9 Å². The minimum absolute atomic E-state index is 0.109. The van der Waals surface area contributed by atoms with Crippen LogP contribution in [-0.2, 0) is 11.0 Å². The van der Waals surface area contributed by atoms with Crippen LogP contribution in [0.5, 0.6) is 0 Å². The minimum atomic E-state index is -4.94. The molecule has 22 heavy (non-hydrogen) atoms. The topological polar surface area (TPSA) is 66.4 Å². The Hall–Kier alpha value is -2.12. The lowest BCUT2D eigenvalue weighted by molar-refractivity contribution is -0.140. The number of carbonyl (C=O) groups excluding carboxylic acids is 1. The van der Waals surface area contributed by atoms with E-state index in [1.54, 1.807) is 0 Å². The molecule has 1 aromatic rings. The van der Waals surface area contributed by atoms with Crippen molar-refractivity contribution >= 4 is 11.9 Å². The molecule has 0 aliphatic heterocycles. The Bertz CT molecular complexity index is 558. The summed E-state index contributed by atoms with van der Waals surface area (Å²) in [5.74, 6) is -4.23. The molecule has 0 bridgehead atoms. The highest BCUT2D eigenvalue weighted by Crippen LogP contribution is 2.32. The molecule has 1 rings (SSSR count). The number of benzene rings is 1. The van der Waals surface area contributed by atoms with E-state index in [1.165, 1.54) is 0 Å². The number of unbranched alkanes of at least 4 members (excludes halogenated alkanes) is 1. The fraction of sp³-hybridized carbons (Fsp3) is 0.429. The standard InChI is InChI=1S/C14H15F4NO3/c1-2-3-7-10(13(21)22)19-12(20)8-5-4-6-9(11(8)15)14(16,17)18/h4-6,10H,2-3,7H2,1H3,(H,19,20)(H,21,22)/t10-/m0/s1. The number of carboxylic acid groups (broad SMARTS) is 1. The number of nitrogens with one attached hydrogen (secondary N) is 1. The van der Waals surface area contributed by atoms with Crippen LogP contribution in [0.4, 0.5) is 17.6 Å². The largest absolute Gasteiger partial charge is 0.480 e. The molecule has 4 nitrogen and oxygen atoms in total. The van der Waals surface area contributed by atoms with Crippen LogP contribution in [0.1, 0.15) is 42.1 Å². The van der Waals surface area contributed by atoms with E-state index in [2.05, 4.69) is 0 Å². The Morgan fingerprint density at radius 3 is 2.45 bits per heavy atom. The van der Waals surface area contributed by atoms with E-state index in [-0.39, 0.29) is 6.42 Å². The maximum atomic E-state index is 13.8. The highest BCUT2D eigenvalue weighted by molar-refractivity contribution is 5.97. The molecule has 8 heteroatoms. The monoisotopic (exact) mass is 321 g/mol. The van der Waals surface area contributed by atoms with Gasteiger partial charge in [-0.25, -0.2) is 9.18 Å². The summed E-state index contributed by atoms with van der Waals surface area (Å²) in [4.78, 5) is 22.8. The molecule has 0 spiro atoms. The van der Waals surface area contributed by atoms with Gasteiger partial charge in [0.25, 0.3) is 5.91 Å². The van der Waals surface area contributed by atoms with Gasteiger partial charge in [0, 0.05) is 0 Å². The zero-order valence-electron chi connectivity index (χ0n) is 11.7. The van der Waals surface area contributed by atoms with Crippen LogP contribution in [0.15, 0.2) is 18.2 Å². The third-order valence-electron chi connectivity index (χ3n) is 3.00. The Labute approximate surface area is 124 Å². The van der Waals surface area contributed by atoms with Crippen molar-refractivity contribution in [3.63, 3.8) is 0 Å². The number of amides is 1. The lowest BCUT2D eigenvalue weighted by Gasteiger charge is -2.15. The molecule has 2 N–H and O–H groups in total. The second kappa shape index (κ2) is 7.24. The zero-order chi connectivity index (χ0) is 16.9. The lowest BCUT2D eigenvalue weighted by atomic mass is 10.1. The van der Waals surface area contributed by atoms with E-state index in [4.69, 9.17) is 5.11 Å². The first-order valence-electron chi connectivity index (χ1n) is 6.57. The number of aliphatic carboxylic acids is 1. The van der Waals surface area contributed by atoms with Crippen LogP contribution < -0.4 is 5.32 Å². The van der Waals surface area contributed by atoms with Gasteiger partial charge < -0.3 is 10.4 Å². The zero-order valence-corrected chi connectivity index (χ0v) is 11.7. The number of rotatable bonds is 6. The van der Waals surface area contributed by atoms with Gasteiger partial charge in [-0.05, 0) is 18.6 Å². The third kappa shape index (κ3) is 4.44. The number of hydrogen-bond acceptors (Lipinski definition) is 2. The average Bonchev–Trinajstić information content (AvgIpc) is 2.41. The SMILES string of the molecule is CCCC[C@H](NC(=O)c1cccc(C(F)(F)F)c1F)C(=O)O. The summed E-state index contributed by atoms with van der Waals surface area (Å²) >= 11 is 0. The van der Waals surface area contributed by atoms with Gasteiger partial charge in [0.05, 0.1) is 11.1 Å². The first-order valence-corrected chi connectivity index (χ1v) is 6.57. The Morgan fingerprint density at radius 2 is 1.95 bits per heavy atom. The van der Waals surface area contributed by atoms with Crippen LogP contribution in [0.25, 0.3) is 0 Å². The van der Waals surface area contributed by atoms with Crippen LogP contribution in [0, 0.1) is 5.82 Å². The van der Waals surface area contributed by atoms with Crippen molar-refractivity contribution < 1.29 is 32.3 Å². The first kappa shape index (κ1) is 17.9. The Kier molecular flexibility index (Phi) is 5.90. The Balaban J connectivity index is 3.00. The molecule has 0 unspecified atom stereocenters. The van der Waals surface area contributed by atoms with Gasteiger partial charge in [-0.15, -0.1) is 0 Å². The van der Waals surface area contributed by atoms with E-state index in [9.17, 15) is 27.2 Å². The summed E-state index contributed by atoms with van der Waals surface area (Å²) in [5.41, 5.74) is -2.40. The molecule has 0 radical (unpaired) electrons. The lowest BCUT2D eigenvalue weighted by Crippen LogP contribution is -2.41. The molecule has 0 saturated heterocycles. The number of hydrogen-bond donors (Lipinski definition) is 2. The van der Waals surface area contributed by atoms with E-state index in [1.807, 2.05) is 12.2 Å². The van der Waals surface area contributed by atoms with Crippen LogP contribution in [0.3, 0.4) is 0 Å². The summed E-state index contributed by atoms with van der Waals surface area (Å²) in [6, 6.07) is 1.00. The highest BCUT2D eigenvalue weighted by atomic mass is 19.4. The number of carbonyl (C=O) groups is 2. The van der Waals surface area contributed by atoms with Gasteiger partial charge in [-0.2, -0.15) is 13.2 Å². The van der Waals surface area contributed by atoms with Gasteiger partial charge in [-0.1, -0.05) is 25.8 Å². The van der Waals surface area contributed by atoms with Gasteiger partial charge in [0.15, 0.2) is 0 Å². The molecule has 0 heterocycles. The maximum Gasteiger partial charge on any atom is 0.419 e. The molecule has 1 atom stereocenters.